The van der Waals surface area contributed by atoms with Crippen LogP contribution < -0.4 is 10.0 Å². The topological polar surface area (TPSA) is 57.5 Å². The Kier molecular flexibility index (Phi) is 6.21. The number of hydrazone groups is 2. The molecule has 1 spiro atoms. The number of anilines is 2. The molecular weight excluding hydrogens is 492 g/mol. The zero-order valence-electron chi connectivity index (χ0n) is 21.1. The predicted octanol–water partition coefficient (Wildman–Crippen LogP) is 6.51. The number of carbonyl (C=O) groups is 1. The average molecular weight is 519 g/mol. The minimum atomic E-state index is -1.00. The molecule has 1 atom stereocenters. The molecule has 7 heteroatoms. The van der Waals surface area contributed by atoms with Crippen molar-refractivity contribution in [2.75, 3.05) is 16.6 Å². The van der Waals surface area contributed by atoms with E-state index in [2.05, 4.69) is 43.3 Å². The van der Waals surface area contributed by atoms with Crippen LogP contribution in [0.25, 0.3) is 0 Å². The highest BCUT2D eigenvalue weighted by atomic mass is 32.2. The summed E-state index contributed by atoms with van der Waals surface area (Å²) < 4.78 is 5.40. The van der Waals surface area contributed by atoms with Crippen molar-refractivity contribution < 1.29 is 9.53 Å². The highest BCUT2D eigenvalue weighted by Gasteiger charge is 2.56. The van der Waals surface area contributed by atoms with Gasteiger partial charge in [-0.3, -0.25) is 0 Å². The number of hydrogen-bond acceptors (Lipinski definition) is 7. The molecule has 0 saturated carbocycles. The summed E-state index contributed by atoms with van der Waals surface area (Å²) in [7, 11) is 0. The van der Waals surface area contributed by atoms with Crippen LogP contribution in [0.1, 0.15) is 29.2 Å². The molecule has 0 saturated heterocycles. The molecule has 0 aromatic heterocycles. The Morgan fingerprint density at radius 1 is 0.789 bits per heavy atom. The minimum Gasteiger partial charge on any atom is -0.461 e. The maximum absolute atomic E-state index is 13.1. The first-order chi connectivity index (χ1) is 18.6. The van der Waals surface area contributed by atoms with Crippen molar-refractivity contribution in [3.8, 4) is 0 Å². The molecular formula is C31H26N4O2S. The van der Waals surface area contributed by atoms with E-state index >= 15 is 0 Å². The van der Waals surface area contributed by atoms with Gasteiger partial charge in [-0.05, 0) is 49.9 Å². The first-order valence-electron chi connectivity index (χ1n) is 12.5. The summed E-state index contributed by atoms with van der Waals surface area (Å²) in [5, 5.41) is 14.3. The van der Waals surface area contributed by atoms with Gasteiger partial charge in [-0.25, -0.2) is 14.8 Å². The number of esters is 1. The number of thioether (sulfide) groups is 1. The molecule has 0 aliphatic carbocycles. The second kappa shape index (κ2) is 9.84. The SMILES string of the molecule is CCOC(=O)C1=NN(c2ccccc2)C2(S1)c1ccccc1C(c1ccc(C)cc1)=NN2c1ccccc1. The number of para-hydroxylation sites is 2. The van der Waals surface area contributed by atoms with Crippen molar-refractivity contribution >= 4 is 39.9 Å². The van der Waals surface area contributed by atoms with Crippen LogP contribution in [0.3, 0.4) is 0 Å². The summed E-state index contributed by atoms with van der Waals surface area (Å²) in [5.41, 5.74) is 6.73. The normalized spacial score (nSPS) is 18.2. The Hall–Kier alpha value is -4.36. The Morgan fingerprint density at radius 2 is 1.37 bits per heavy atom. The summed E-state index contributed by atoms with van der Waals surface area (Å²) >= 11 is 1.35. The molecule has 38 heavy (non-hydrogen) atoms. The molecule has 0 N–H and O–H groups in total. The van der Waals surface area contributed by atoms with Crippen molar-refractivity contribution in [1.29, 1.82) is 0 Å². The number of nitrogens with zero attached hydrogens (tertiary/aromatic N) is 4. The Labute approximate surface area is 226 Å². The quantitative estimate of drug-likeness (QED) is 0.282. The van der Waals surface area contributed by atoms with Crippen LogP contribution in [0.15, 0.2) is 119 Å². The second-order valence-electron chi connectivity index (χ2n) is 8.99. The number of hydrogen-bond donors (Lipinski definition) is 0. The van der Waals surface area contributed by atoms with Crippen LogP contribution in [-0.4, -0.2) is 23.3 Å². The predicted molar refractivity (Wildman–Crippen MR) is 154 cm³/mol. The molecule has 2 aliphatic rings. The number of rotatable bonds is 5. The molecule has 6 nitrogen and oxygen atoms in total. The highest BCUT2D eigenvalue weighted by molar-refractivity contribution is 8.16. The molecule has 0 radical (unpaired) electrons. The lowest BCUT2D eigenvalue weighted by molar-refractivity contribution is -0.134. The molecule has 6 rings (SSSR count). The average Bonchev–Trinajstić information content (AvgIpc) is 3.36. The van der Waals surface area contributed by atoms with Gasteiger partial charge in [-0.2, -0.15) is 10.2 Å². The van der Waals surface area contributed by atoms with Crippen LogP contribution in [0.4, 0.5) is 11.4 Å². The summed E-state index contributed by atoms with van der Waals surface area (Å²) in [5.74, 6) is -0.450. The zero-order valence-corrected chi connectivity index (χ0v) is 21.9. The van der Waals surface area contributed by atoms with Gasteiger partial charge in [0.1, 0.15) is 0 Å². The Balaban J connectivity index is 1.64. The molecule has 4 aromatic carbocycles. The molecule has 1 unspecified atom stereocenters. The summed E-state index contributed by atoms with van der Waals surface area (Å²) in [6.45, 7) is 4.14. The first kappa shape index (κ1) is 24.0. The van der Waals surface area contributed by atoms with Gasteiger partial charge < -0.3 is 4.74 Å². The number of ether oxygens (including phenoxy) is 1. The van der Waals surface area contributed by atoms with Crippen LogP contribution in [0, 0.1) is 6.92 Å². The van der Waals surface area contributed by atoms with E-state index in [1.165, 1.54) is 17.3 Å². The van der Waals surface area contributed by atoms with Gasteiger partial charge in [0.2, 0.25) is 10.0 Å². The van der Waals surface area contributed by atoms with Gasteiger partial charge in [0, 0.05) is 16.7 Å². The molecule has 2 heterocycles. The highest BCUT2D eigenvalue weighted by Crippen LogP contribution is 2.55. The van der Waals surface area contributed by atoms with E-state index in [1.807, 2.05) is 82.8 Å². The van der Waals surface area contributed by atoms with Gasteiger partial charge in [-0.1, -0.05) is 90.5 Å². The largest absolute Gasteiger partial charge is 0.461 e. The molecule has 0 fully saturated rings. The molecule has 188 valence electrons. The summed E-state index contributed by atoms with van der Waals surface area (Å²) in [4.78, 5) is 12.1. The fraction of sp³-hybridized carbons (Fsp3) is 0.129. The lowest BCUT2D eigenvalue weighted by atomic mass is 9.93. The van der Waals surface area contributed by atoms with E-state index in [0.717, 1.165) is 33.8 Å². The lowest BCUT2D eigenvalue weighted by Gasteiger charge is -2.47. The van der Waals surface area contributed by atoms with Crippen LogP contribution in [-0.2, 0) is 14.5 Å². The Bertz CT molecular complexity index is 1540. The fourth-order valence-electron chi connectivity index (χ4n) is 4.77. The van der Waals surface area contributed by atoms with E-state index in [0.29, 0.717) is 0 Å². The molecule has 0 amide bonds. The number of benzene rings is 4. The van der Waals surface area contributed by atoms with Gasteiger partial charge in [0.25, 0.3) is 0 Å². The molecule has 4 aromatic rings. The maximum Gasteiger partial charge on any atom is 0.365 e. The number of aryl methyl sites for hydroxylation is 1. The zero-order chi connectivity index (χ0) is 26.1. The van der Waals surface area contributed by atoms with E-state index in [9.17, 15) is 4.79 Å². The summed E-state index contributed by atoms with van der Waals surface area (Å²) in [6.07, 6.45) is 0. The molecule has 0 bridgehead atoms. The van der Waals surface area contributed by atoms with Crippen molar-refractivity contribution in [1.82, 2.24) is 0 Å². The van der Waals surface area contributed by atoms with E-state index in [4.69, 9.17) is 14.9 Å². The van der Waals surface area contributed by atoms with Crippen LogP contribution in [0.5, 0.6) is 0 Å². The first-order valence-corrected chi connectivity index (χ1v) is 13.3. The number of carbonyl (C=O) groups excluding carboxylic acids is 1. The van der Waals surface area contributed by atoms with Crippen molar-refractivity contribution in [3.05, 3.63) is 131 Å². The second-order valence-corrected chi connectivity index (χ2v) is 10.2. The van der Waals surface area contributed by atoms with Gasteiger partial charge in [0.05, 0.1) is 23.7 Å². The number of fused-ring (bicyclic) bond motifs is 2. The third-order valence-corrected chi connectivity index (χ3v) is 7.81. The van der Waals surface area contributed by atoms with Crippen LogP contribution >= 0.6 is 11.8 Å². The lowest BCUT2D eigenvalue weighted by Crippen LogP contribution is -2.54. The van der Waals surface area contributed by atoms with Crippen molar-refractivity contribution in [2.45, 2.75) is 18.8 Å². The van der Waals surface area contributed by atoms with Crippen molar-refractivity contribution in [2.24, 2.45) is 10.2 Å². The van der Waals surface area contributed by atoms with Gasteiger partial charge in [0.15, 0.2) is 0 Å². The molecule has 2 aliphatic heterocycles. The fourth-order valence-corrected chi connectivity index (χ4v) is 6.06. The van der Waals surface area contributed by atoms with Crippen LogP contribution in [0.2, 0.25) is 0 Å². The van der Waals surface area contributed by atoms with Gasteiger partial charge in [-0.15, -0.1) is 0 Å². The Morgan fingerprint density at radius 3 is 2.00 bits per heavy atom. The third-order valence-electron chi connectivity index (χ3n) is 6.51. The summed E-state index contributed by atoms with van der Waals surface area (Å²) in [6, 6.07) is 36.5. The third kappa shape index (κ3) is 3.96. The maximum atomic E-state index is 13.1. The van der Waals surface area contributed by atoms with E-state index < -0.39 is 11.0 Å². The van der Waals surface area contributed by atoms with Gasteiger partial charge >= 0.3 is 5.97 Å². The van der Waals surface area contributed by atoms with E-state index in [-0.39, 0.29) is 11.7 Å². The standard InChI is InChI=1S/C31H26N4O2S/c1-3-37-30(36)29-33-35(25-14-8-5-9-15-25)31(38-29)27-17-11-10-16-26(27)28(23-20-18-22(2)19-21-23)32-34(31)24-12-6-4-7-13-24/h4-21H,3H2,1-2H3. The monoisotopic (exact) mass is 518 g/mol. The minimum absolute atomic E-state index is 0.269. The van der Waals surface area contributed by atoms with E-state index in [1.54, 1.807) is 6.92 Å². The smallest absolute Gasteiger partial charge is 0.365 e. The van der Waals surface area contributed by atoms with Crippen molar-refractivity contribution in [3.63, 3.8) is 0 Å².